The van der Waals surface area contributed by atoms with Crippen molar-refractivity contribution >= 4 is 28.0 Å². The molecule has 2 aromatic heterocycles. The molecule has 1 aliphatic heterocycles. The zero-order valence-electron chi connectivity index (χ0n) is 18.1. The summed E-state index contributed by atoms with van der Waals surface area (Å²) < 4.78 is 5.59. The second-order valence-corrected chi connectivity index (χ2v) is 8.49. The van der Waals surface area contributed by atoms with Crippen molar-refractivity contribution < 1.29 is 9.53 Å². The Morgan fingerprint density at radius 2 is 1.97 bits per heavy atom. The van der Waals surface area contributed by atoms with E-state index in [1.165, 1.54) is 5.39 Å². The lowest BCUT2D eigenvalue weighted by Gasteiger charge is -2.22. The normalized spacial score (nSPS) is 16.0. The number of hydrogen-bond donors (Lipinski definition) is 2. The number of likely N-dealkylation sites (tertiary alicyclic amines) is 1. The molecule has 164 valence electrons. The van der Waals surface area contributed by atoms with Gasteiger partial charge in [0.15, 0.2) is 0 Å². The Balaban J connectivity index is 1.26. The third kappa shape index (κ3) is 3.63. The number of para-hydroxylation sites is 1. The van der Waals surface area contributed by atoms with Crippen LogP contribution in [0.4, 0.5) is 4.79 Å². The summed E-state index contributed by atoms with van der Waals surface area (Å²) in [6.07, 6.45) is 3.48. The molecular formula is C27H24N4O2. The molecule has 1 saturated heterocycles. The lowest BCUT2D eigenvalue weighted by Crippen LogP contribution is -2.31. The van der Waals surface area contributed by atoms with Crippen LogP contribution in [-0.2, 0) is 11.3 Å². The molecule has 5 aromatic rings. The van der Waals surface area contributed by atoms with E-state index in [-0.39, 0.29) is 18.7 Å². The van der Waals surface area contributed by atoms with Crippen LogP contribution < -0.4 is 0 Å². The maximum absolute atomic E-state index is 12.8. The van der Waals surface area contributed by atoms with E-state index in [1.54, 1.807) is 4.90 Å². The standard InChI is InChI=1S/C27H24N4O2/c32-27(33-17-18-6-2-1-3-7-18)31-15-5-10-24(31)26-29-22-12-11-20(16-23(22)30-26)21-9-4-8-19-13-14-28-25(19)21/h1-4,6-9,11-14,16,24,28H,5,10,15,17H2,(H,29,30). The van der Waals surface area contributed by atoms with Crippen molar-refractivity contribution in [3.05, 3.63) is 90.4 Å². The quantitative estimate of drug-likeness (QED) is 0.353. The van der Waals surface area contributed by atoms with Crippen LogP contribution in [0.5, 0.6) is 0 Å². The maximum atomic E-state index is 12.8. The number of nitrogens with zero attached hydrogens (tertiary/aromatic N) is 2. The van der Waals surface area contributed by atoms with Crippen LogP contribution in [0.1, 0.15) is 30.3 Å². The van der Waals surface area contributed by atoms with Gasteiger partial charge in [-0.15, -0.1) is 0 Å². The molecule has 6 heteroatoms. The van der Waals surface area contributed by atoms with Gasteiger partial charge in [0, 0.05) is 18.3 Å². The number of rotatable bonds is 4. The first-order chi connectivity index (χ1) is 16.3. The SMILES string of the molecule is O=C(OCc1ccccc1)N1CCCC1c1nc2ccc(-c3cccc4cc[nH]c34)cc2[nH]1. The number of aromatic nitrogens is 3. The van der Waals surface area contributed by atoms with Crippen LogP contribution in [0.3, 0.4) is 0 Å². The van der Waals surface area contributed by atoms with Crippen LogP contribution in [0.25, 0.3) is 33.1 Å². The fourth-order valence-electron chi connectivity index (χ4n) is 4.75. The molecule has 0 bridgehead atoms. The Morgan fingerprint density at radius 3 is 2.88 bits per heavy atom. The minimum absolute atomic E-state index is 0.101. The van der Waals surface area contributed by atoms with Gasteiger partial charge in [0.2, 0.25) is 0 Å². The van der Waals surface area contributed by atoms with Crippen molar-refractivity contribution in [1.29, 1.82) is 0 Å². The summed E-state index contributed by atoms with van der Waals surface area (Å²) in [7, 11) is 0. The number of benzene rings is 3. The molecule has 1 unspecified atom stereocenters. The summed E-state index contributed by atoms with van der Waals surface area (Å²) >= 11 is 0. The Labute approximate surface area is 191 Å². The lowest BCUT2D eigenvalue weighted by atomic mass is 10.0. The molecule has 3 aromatic carbocycles. The number of amides is 1. The highest BCUT2D eigenvalue weighted by molar-refractivity contribution is 5.96. The molecule has 33 heavy (non-hydrogen) atoms. The van der Waals surface area contributed by atoms with Gasteiger partial charge in [0.05, 0.1) is 22.6 Å². The molecule has 1 atom stereocenters. The summed E-state index contributed by atoms with van der Waals surface area (Å²) in [5.74, 6) is 0.814. The van der Waals surface area contributed by atoms with E-state index in [9.17, 15) is 4.79 Å². The Hall–Kier alpha value is -4.06. The van der Waals surface area contributed by atoms with E-state index in [0.717, 1.165) is 51.9 Å². The van der Waals surface area contributed by atoms with Gasteiger partial charge in [-0.3, -0.25) is 4.90 Å². The van der Waals surface area contributed by atoms with Crippen molar-refractivity contribution in [2.45, 2.75) is 25.5 Å². The molecule has 0 spiro atoms. The van der Waals surface area contributed by atoms with Crippen molar-refractivity contribution in [3.8, 4) is 11.1 Å². The predicted octanol–water partition coefficient (Wildman–Crippen LogP) is 6.18. The first-order valence-electron chi connectivity index (χ1n) is 11.3. The van der Waals surface area contributed by atoms with Crippen molar-refractivity contribution in [2.24, 2.45) is 0 Å². The molecule has 6 rings (SSSR count). The molecule has 0 aliphatic carbocycles. The summed E-state index contributed by atoms with van der Waals surface area (Å²) in [6, 6.07) is 24.3. The molecule has 0 radical (unpaired) electrons. The molecular weight excluding hydrogens is 412 g/mol. The molecule has 6 nitrogen and oxygen atoms in total. The second kappa shape index (κ2) is 8.13. The van der Waals surface area contributed by atoms with Crippen molar-refractivity contribution in [1.82, 2.24) is 19.9 Å². The average Bonchev–Trinajstić information content (AvgIpc) is 3.61. The zero-order valence-corrected chi connectivity index (χ0v) is 18.1. The minimum Gasteiger partial charge on any atom is -0.445 e. The first kappa shape index (κ1) is 19.6. The fourth-order valence-corrected chi connectivity index (χ4v) is 4.75. The highest BCUT2D eigenvalue weighted by Crippen LogP contribution is 2.34. The summed E-state index contributed by atoms with van der Waals surface area (Å²) in [5, 5.41) is 1.19. The number of carbonyl (C=O) groups is 1. The fraction of sp³-hybridized carbons (Fsp3) is 0.185. The largest absolute Gasteiger partial charge is 0.445 e. The summed E-state index contributed by atoms with van der Waals surface area (Å²) in [5.41, 5.74) is 6.25. The van der Waals surface area contributed by atoms with E-state index >= 15 is 0 Å². The molecule has 3 heterocycles. The number of H-pyrrole nitrogens is 2. The van der Waals surface area contributed by atoms with Crippen molar-refractivity contribution in [3.63, 3.8) is 0 Å². The topological polar surface area (TPSA) is 74.0 Å². The Bertz CT molecular complexity index is 1440. The highest BCUT2D eigenvalue weighted by atomic mass is 16.6. The predicted molar refractivity (Wildman–Crippen MR) is 129 cm³/mol. The van der Waals surface area contributed by atoms with Gasteiger partial charge in [-0.25, -0.2) is 9.78 Å². The highest BCUT2D eigenvalue weighted by Gasteiger charge is 2.33. The zero-order chi connectivity index (χ0) is 22.2. The molecule has 0 saturated carbocycles. The van der Waals surface area contributed by atoms with Crippen LogP contribution in [0.15, 0.2) is 79.0 Å². The average molecular weight is 437 g/mol. The molecule has 1 fully saturated rings. The third-order valence-corrected chi connectivity index (χ3v) is 6.41. The monoisotopic (exact) mass is 436 g/mol. The van der Waals surface area contributed by atoms with Crippen LogP contribution in [0.2, 0.25) is 0 Å². The van der Waals surface area contributed by atoms with Crippen molar-refractivity contribution in [2.75, 3.05) is 6.54 Å². The number of aromatic amines is 2. The number of hydrogen-bond acceptors (Lipinski definition) is 3. The van der Waals surface area contributed by atoms with E-state index < -0.39 is 0 Å². The number of imidazole rings is 1. The Morgan fingerprint density at radius 1 is 1.06 bits per heavy atom. The number of ether oxygens (including phenoxy) is 1. The second-order valence-electron chi connectivity index (χ2n) is 8.49. The number of fused-ring (bicyclic) bond motifs is 2. The van der Waals surface area contributed by atoms with Crippen LogP contribution >= 0.6 is 0 Å². The molecule has 1 aliphatic rings. The Kier molecular flexibility index (Phi) is 4.83. The number of carbonyl (C=O) groups excluding carboxylic acids is 1. The van der Waals surface area contributed by atoms with Gasteiger partial charge in [-0.2, -0.15) is 0 Å². The van der Waals surface area contributed by atoms with Crippen LogP contribution in [0, 0.1) is 0 Å². The molecule has 1 amide bonds. The first-order valence-corrected chi connectivity index (χ1v) is 11.3. The van der Waals surface area contributed by atoms with Gasteiger partial charge in [0.1, 0.15) is 12.4 Å². The maximum Gasteiger partial charge on any atom is 0.410 e. The molecule has 2 N–H and O–H groups in total. The van der Waals surface area contributed by atoms with Gasteiger partial charge in [-0.05, 0) is 47.6 Å². The van der Waals surface area contributed by atoms with Gasteiger partial charge in [-0.1, -0.05) is 54.6 Å². The summed E-state index contributed by atoms with van der Waals surface area (Å²) in [4.78, 5) is 26.2. The van der Waals surface area contributed by atoms with Gasteiger partial charge < -0.3 is 14.7 Å². The van der Waals surface area contributed by atoms with Crippen LogP contribution in [-0.4, -0.2) is 32.5 Å². The summed E-state index contributed by atoms with van der Waals surface area (Å²) in [6.45, 7) is 0.950. The number of nitrogens with one attached hydrogen (secondary N) is 2. The minimum atomic E-state index is -0.291. The lowest BCUT2D eigenvalue weighted by molar-refractivity contribution is 0.0910. The van der Waals surface area contributed by atoms with Gasteiger partial charge in [0.25, 0.3) is 0 Å². The van der Waals surface area contributed by atoms with E-state index in [4.69, 9.17) is 9.72 Å². The van der Waals surface area contributed by atoms with E-state index in [2.05, 4.69) is 46.4 Å². The third-order valence-electron chi connectivity index (χ3n) is 6.41. The van der Waals surface area contributed by atoms with Gasteiger partial charge >= 0.3 is 6.09 Å². The smallest absolute Gasteiger partial charge is 0.410 e. The van der Waals surface area contributed by atoms with E-state index in [1.807, 2.05) is 42.6 Å². The van der Waals surface area contributed by atoms with E-state index in [0.29, 0.717) is 6.54 Å².